The largest absolute Gasteiger partial charge is 0.355 e. The van der Waals surface area contributed by atoms with Gasteiger partial charge in [0.2, 0.25) is 0 Å². The fourth-order valence-electron chi connectivity index (χ4n) is 1.39. The van der Waals surface area contributed by atoms with Gasteiger partial charge in [0.05, 0.1) is 17.5 Å². The van der Waals surface area contributed by atoms with Gasteiger partial charge in [-0.15, -0.1) is 0 Å². The highest BCUT2D eigenvalue weighted by Gasteiger charge is 2.41. The summed E-state index contributed by atoms with van der Waals surface area (Å²) in [5.74, 6) is 0.180. The molecule has 2 aliphatic rings. The van der Waals surface area contributed by atoms with Crippen LogP contribution in [0.1, 0.15) is 0 Å². The Morgan fingerprint density at radius 3 is 3.00 bits per heavy atom. The Labute approximate surface area is 75.3 Å². The third kappa shape index (κ3) is 1.39. The van der Waals surface area contributed by atoms with Crippen molar-refractivity contribution in [2.45, 2.75) is 12.1 Å². The molecule has 2 saturated heterocycles. The molecule has 0 aromatic carbocycles. The number of hydrogen-bond acceptors (Lipinski definition) is 4. The molecule has 2 atom stereocenters. The van der Waals surface area contributed by atoms with Crippen molar-refractivity contribution in [1.82, 2.24) is 10.8 Å². The maximum atomic E-state index is 11.1. The molecule has 68 valence electrons. The molecular formula is C5H8N2O3S2. The van der Waals surface area contributed by atoms with Crippen LogP contribution < -0.4 is 10.8 Å². The first-order valence-electron chi connectivity index (χ1n) is 3.49. The Bertz CT molecular complexity index is 313. The predicted molar refractivity (Wildman–Crippen MR) is 46.2 cm³/mol. The lowest BCUT2D eigenvalue weighted by Gasteiger charge is -2.27. The van der Waals surface area contributed by atoms with E-state index in [-0.39, 0.29) is 23.7 Å². The first-order chi connectivity index (χ1) is 5.57. The lowest BCUT2D eigenvalue weighted by Crippen LogP contribution is -2.55. The van der Waals surface area contributed by atoms with Gasteiger partial charge in [0.1, 0.15) is 6.10 Å². The monoisotopic (exact) mass is 208 g/mol. The molecule has 7 heteroatoms. The number of rotatable bonds is 0. The van der Waals surface area contributed by atoms with E-state index in [1.165, 1.54) is 0 Å². The number of nitrogens with one attached hydrogen (secondary N) is 2. The van der Waals surface area contributed by atoms with Gasteiger partial charge in [-0.3, -0.25) is 4.84 Å². The van der Waals surface area contributed by atoms with E-state index in [4.69, 9.17) is 17.1 Å². The zero-order chi connectivity index (χ0) is 8.77. The Morgan fingerprint density at radius 1 is 1.50 bits per heavy atom. The summed E-state index contributed by atoms with van der Waals surface area (Å²) in [5, 5.41) is 3.21. The van der Waals surface area contributed by atoms with E-state index in [0.717, 1.165) is 0 Å². The summed E-state index contributed by atoms with van der Waals surface area (Å²) in [6, 6.07) is -0.177. The molecular weight excluding hydrogens is 200 g/mol. The molecule has 0 unspecified atom stereocenters. The van der Waals surface area contributed by atoms with Gasteiger partial charge < -0.3 is 5.32 Å². The zero-order valence-corrected chi connectivity index (χ0v) is 7.74. The second-order valence-corrected chi connectivity index (χ2v) is 5.48. The fraction of sp³-hybridized carbons (Fsp3) is 0.800. The molecule has 0 bridgehead atoms. The van der Waals surface area contributed by atoms with Crippen LogP contribution in [0.5, 0.6) is 0 Å². The van der Waals surface area contributed by atoms with Crippen molar-refractivity contribution in [3.05, 3.63) is 0 Å². The normalized spacial score (nSPS) is 38.2. The van der Waals surface area contributed by atoms with E-state index < -0.39 is 9.84 Å². The highest BCUT2D eigenvalue weighted by molar-refractivity contribution is 7.91. The van der Waals surface area contributed by atoms with Crippen molar-refractivity contribution in [2.75, 3.05) is 11.5 Å². The van der Waals surface area contributed by atoms with Crippen LogP contribution in [0.25, 0.3) is 0 Å². The highest BCUT2D eigenvalue weighted by atomic mass is 32.2. The minimum Gasteiger partial charge on any atom is -0.355 e. The third-order valence-corrected chi connectivity index (χ3v) is 3.82. The number of thiocarbonyl (C=S) groups is 1. The Kier molecular flexibility index (Phi) is 1.74. The quantitative estimate of drug-likeness (QED) is 0.475. The smallest absolute Gasteiger partial charge is 0.190 e. The Hall–Kier alpha value is -0.400. The minimum absolute atomic E-state index is 0.0697. The van der Waals surface area contributed by atoms with Crippen LogP contribution in [0, 0.1) is 0 Å². The summed E-state index contributed by atoms with van der Waals surface area (Å²) in [4.78, 5) is 5.02. The maximum absolute atomic E-state index is 11.1. The molecule has 2 N–H and O–H groups in total. The molecule has 5 nitrogen and oxygen atoms in total. The van der Waals surface area contributed by atoms with E-state index in [0.29, 0.717) is 5.11 Å². The van der Waals surface area contributed by atoms with Gasteiger partial charge in [0.25, 0.3) is 0 Å². The van der Waals surface area contributed by atoms with Crippen LogP contribution >= 0.6 is 12.2 Å². The molecule has 0 aliphatic carbocycles. The molecule has 0 aromatic rings. The van der Waals surface area contributed by atoms with E-state index in [1.54, 1.807) is 0 Å². The van der Waals surface area contributed by atoms with Crippen molar-refractivity contribution in [3.8, 4) is 0 Å². The number of hydroxylamine groups is 1. The van der Waals surface area contributed by atoms with E-state index >= 15 is 0 Å². The van der Waals surface area contributed by atoms with Crippen LogP contribution in [0.3, 0.4) is 0 Å². The average Bonchev–Trinajstić information content (AvgIpc) is 2.21. The van der Waals surface area contributed by atoms with Crippen molar-refractivity contribution < 1.29 is 13.3 Å². The molecule has 2 heterocycles. The first-order valence-corrected chi connectivity index (χ1v) is 5.72. The first kappa shape index (κ1) is 8.21. The van der Waals surface area contributed by atoms with Crippen LogP contribution in [0.2, 0.25) is 0 Å². The molecule has 0 radical (unpaired) electrons. The Balaban J connectivity index is 2.17. The van der Waals surface area contributed by atoms with E-state index in [9.17, 15) is 8.42 Å². The van der Waals surface area contributed by atoms with Crippen LogP contribution in [0.15, 0.2) is 0 Å². The summed E-state index contributed by atoms with van der Waals surface area (Å²) in [6.45, 7) is 0. The topological polar surface area (TPSA) is 67.4 Å². The van der Waals surface area contributed by atoms with Gasteiger partial charge in [-0.2, -0.15) is 0 Å². The lowest BCUT2D eigenvalue weighted by atomic mass is 10.2. The lowest BCUT2D eigenvalue weighted by molar-refractivity contribution is -0.00413. The van der Waals surface area contributed by atoms with Crippen molar-refractivity contribution in [1.29, 1.82) is 0 Å². The number of sulfone groups is 1. The molecule has 0 spiro atoms. The minimum atomic E-state index is -2.94. The van der Waals surface area contributed by atoms with Gasteiger partial charge >= 0.3 is 0 Å². The molecule has 0 amide bonds. The average molecular weight is 208 g/mol. The van der Waals surface area contributed by atoms with Gasteiger partial charge in [0.15, 0.2) is 14.9 Å². The van der Waals surface area contributed by atoms with Crippen molar-refractivity contribution in [2.24, 2.45) is 0 Å². The maximum Gasteiger partial charge on any atom is 0.190 e. The van der Waals surface area contributed by atoms with Crippen LogP contribution in [0.4, 0.5) is 0 Å². The summed E-state index contributed by atoms with van der Waals surface area (Å²) in [5.41, 5.74) is 2.45. The zero-order valence-electron chi connectivity index (χ0n) is 6.11. The second kappa shape index (κ2) is 2.54. The van der Waals surface area contributed by atoms with Gasteiger partial charge in [0, 0.05) is 0 Å². The third-order valence-electron chi connectivity index (χ3n) is 1.92. The molecule has 0 aromatic heterocycles. The summed E-state index contributed by atoms with van der Waals surface area (Å²) < 4.78 is 22.2. The summed E-state index contributed by atoms with van der Waals surface area (Å²) >= 11 is 4.76. The van der Waals surface area contributed by atoms with Gasteiger partial charge in [-0.25, -0.2) is 13.9 Å². The fourth-order valence-corrected chi connectivity index (χ4v) is 3.37. The highest BCUT2D eigenvalue weighted by Crippen LogP contribution is 2.16. The SMILES string of the molecule is O=S1(=O)C[C@@H]2ONC(=S)N[C@@H]2C1. The van der Waals surface area contributed by atoms with Gasteiger partial charge in [-0.05, 0) is 12.2 Å². The van der Waals surface area contributed by atoms with Gasteiger partial charge in [-0.1, -0.05) is 0 Å². The number of fused-ring (bicyclic) bond motifs is 1. The summed E-state index contributed by atoms with van der Waals surface area (Å²) in [7, 11) is -2.94. The molecule has 2 fully saturated rings. The molecule has 12 heavy (non-hydrogen) atoms. The Morgan fingerprint density at radius 2 is 2.25 bits per heavy atom. The van der Waals surface area contributed by atoms with E-state index in [2.05, 4.69) is 10.8 Å². The molecule has 2 aliphatic heterocycles. The standard InChI is InChI=1S/C5H8N2O3S2/c8-12(9)1-3-4(2-12)10-7-5(11)6-3/h3-4H,1-2H2,(H2,6,7,11)/t3-,4+/m1/s1. The number of hydrogen-bond donors (Lipinski definition) is 2. The second-order valence-electron chi connectivity index (χ2n) is 2.92. The molecule has 2 rings (SSSR count). The van der Waals surface area contributed by atoms with Crippen LogP contribution in [-0.4, -0.2) is 37.2 Å². The molecule has 0 saturated carbocycles. The van der Waals surface area contributed by atoms with Crippen molar-refractivity contribution >= 4 is 27.2 Å². The predicted octanol–water partition coefficient (Wildman–Crippen LogP) is -1.44. The van der Waals surface area contributed by atoms with Crippen molar-refractivity contribution in [3.63, 3.8) is 0 Å². The summed E-state index contributed by atoms with van der Waals surface area (Å²) in [6.07, 6.45) is -0.304. The van der Waals surface area contributed by atoms with E-state index in [1.807, 2.05) is 0 Å². The van der Waals surface area contributed by atoms with Crippen LogP contribution in [-0.2, 0) is 14.7 Å².